The van der Waals surface area contributed by atoms with Crippen LogP contribution in [0.3, 0.4) is 0 Å². The first-order chi connectivity index (χ1) is 10.2. The predicted molar refractivity (Wildman–Crippen MR) is 96.6 cm³/mol. The second-order valence-corrected chi connectivity index (χ2v) is 7.71. The number of rotatable bonds is 0. The van der Waals surface area contributed by atoms with Gasteiger partial charge in [0.25, 0.3) is 0 Å². The number of hydrogen-bond acceptors (Lipinski definition) is 0. The van der Waals surface area contributed by atoms with E-state index in [1.807, 2.05) is 0 Å². The first-order valence-electron chi connectivity index (χ1n) is 7.74. The molecule has 0 radical (unpaired) electrons. The second-order valence-electron chi connectivity index (χ2n) is 7.71. The molecule has 0 unspecified atom stereocenters. The van der Waals surface area contributed by atoms with Crippen molar-refractivity contribution in [2.45, 2.75) is 41.5 Å². The monoisotopic (exact) mass is 288 g/mol. The highest BCUT2D eigenvalue weighted by Crippen LogP contribution is 2.23. The van der Waals surface area contributed by atoms with Gasteiger partial charge in [0.15, 0.2) is 0 Å². The van der Waals surface area contributed by atoms with Gasteiger partial charge in [0.05, 0.1) is 0 Å². The molecule has 0 saturated carbocycles. The minimum Gasteiger partial charge on any atom is -0.0919 e. The topological polar surface area (TPSA) is 0 Å². The predicted octanol–water partition coefficient (Wildman–Crippen LogP) is 5.64. The van der Waals surface area contributed by atoms with Crippen LogP contribution in [0.5, 0.6) is 0 Å². The smallest absolute Gasteiger partial charge is 0.0324 e. The van der Waals surface area contributed by atoms with Crippen molar-refractivity contribution in [3.8, 4) is 23.7 Å². The first kappa shape index (κ1) is 16.2. The molecule has 0 N–H and O–H groups in total. The lowest BCUT2D eigenvalue weighted by atomic mass is 9.94. The molecule has 0 fully saturated rings. The highest BCUT2D eigenvalue weighted by atomic mass is 14.1. The van der Waals surface area contributed by atoms with Crippen LogP contribution in [0, 0.1) is 34.5 Å². The number of benzene rings is 2. The quantitative estimate of drug-likeness (QED) is 0.551. The van der Waals surface area contributed by atoms with Gasteiger partial charge in [0, 0.05) is 22.0 Å². The molecule has 2 aromatic rings. The van der Waals surface area contributed by atoms with E-state index in [0.29, 0.717) is 0 Å². The van der Waals surface area contributed by atoms with Crippen molar-refractivity contribution in [3.05, 3.63) is 47.5 Å². The summed E-state index contributed by atoms with van der Waals surface area (Å²) in [7, 11) is 0. The molecule has 0 aromatic heterocycles. The van der Waals surface area contributed by atoms with Gasteiger partial charge in [-0.1, -0.05) is 47.9 Å². The Labute approximate surface area is 134 Å². The lowest BCUT2D eigenvalue weighted by Crippen LogP contribution is -2.00. The van der Waals surface area contributed by atoms with E-state index in [2.05, 4.69) is 102 Å². The Bertz CT molecular complexity index is 729. The fourth-order valence-corrected chi connectivity index (χ4v) is 2.04. The summed E-state index contributed by atoms with van der Waals surface area (Å²) in [4.78, 5) is 0. The Morgan fingerprint density at radius 1 is 0.591 bits per heavy atom. The summed E-state index contributed by atoms with van der Waals surface area (Å²) in [6.45, 7) is 12.8. The van der Waals surface area contributed by atoms with Crippen molar-refractivity contribution in [2.75, 3.05) is 0 Å². The molecule has 0 spiro atoms. The first-order valence-corrected chi connectivity index (χ1v) is 7.74. The standard InChI is InChI=1S/C22H24/c1-21(2,3)15-13-17-9-7-12-20-18(10-8-11-19(17)20)14-16-22(4,5)6/h7-12H,1-6H3. The largest absolute Gasteiger partial charge is 0.0919 e. The van der Waals surface area contributed by atoms with Gasteiger partial charge in [-0.15, -0.1) is 0 Å². The number of fused-ring (bicyclic) bond motifs is 1. The zero-order valence-corrected chi connectivity index (χ0v) is 14.5. The van der Waals surface area contributed by atoms with Gasteiger partial charge in [0.2, 0.25) is 0 Å². The van der Waals surface area contributed by atoms with E-state index < -0.39 is 0 Å². The van der Waals surface area contributed by atoms with Crippen LogP contribution < -0.4 is 0 Å². The average Bonchev–Trinajstić information content (AvgIpc) is 2.41. The average molecular weight is 288 g/mol. The summed E-state index contributed by atoms with van der Waals surface area (Å²) in [5.41, 5.74) is 2.16. The van der Waals surface area contributed by atoms with E-state index in [0.717, 1.165) is 11.1 Å². The third kappa shape index (κ3) is 4.41. The van der Waals surface area contributed by atoms with Crippen LogP contribution in [0.15, 0.2) is 36.4 Å². The van der Waals surface area contributed by atoms with Gasteiger partial charge >= 0.3 is 0 Å². The maximum atomic E-state index is 3.33. The molecule has 0 bridgehead atoms. The van der Waals surface area contributed by atoms with Gasteiger partial charge in [-0.2, -0.15) is 0 Å². The molecule has 0 aliphatic heterocycles. The zero-order chi connectivity index (χ0) is 16.4. The summed E-state index contributed by atoms with van der Waals surface area (Å²) < 4.78 is 0. The lowest BCUT2D eigenvalue weighted by Gasteiger charge is -2.09. The third-order valence-electron chi connectivity index (χ3n) is 3.07. The Kier molecular flexibility index (Phi) is 4.35. The molecular weight excluding hydrogens is 264 g/mol. The van der Waals surface area contributed by atoms with Crippen molar-refractivity contribution in [2.24, 2.45) is 10.8 Å². The highest BCUT2D eigenvalue weighted by molar-refractivity contribution is 5.92. The van der Waals surface area contributed by atoms with Gasteiger partial charge in [0.1, 0.15) is 0 Å². The molecule has 0 amide bonds. The van der Waals surface area contributed by atoms with E-state index >= 15 is 0 Å². The van der Waals surface area contributed by atoms with Crippen LogP contribution in [0.1, 0.15) is 52.7 Å². The minimum absolute atomic E-state index is 0.00577. The van der Waals surface area contributed by atoms with E-state index in [1.54, 1.807) is 0 Å². The summed E-state index contributed by atoms with van der Waals surface area (Å²) in [5, 5.41) is 2.36. The van der Waals surface area contributed by atoms with Crippen molar-refractivity contribution < 1.29 is 0 Å². The molecule has 0 saturated heterocycles. The molecule has 0 heteroatoms. The van der Waals surface area contributed by atoms with Crippen LogP contribution in [-0.2, 0) is 0 Å². The second kappa shape index (κ2) is 5.90. The van der Waals surface area contributed by atoms with E-state index in [9.17, 15) is 0 Å². The van der Waals surface area contributed by atoms with Gasteiger partial charge < -0.3 is 0 Å². The molecule has 0 aliphatic rings. The maximum absolute atomic E-state index is 3.33. The molecular formula is C22H24. The van der Waals surface area contributed by atoms with Crippen LogP contribution in [0.4, 0.5) is 0 Å². The molecule has 2 rings (SSSR count). The zero-order valence-electron chi connectivity index (χ0n) is 14.5. The van der Waals surface area contributed by atoms with Gasteiger partial charge in [-0.25, -0.2) is 0 Å². The lowest BCUT2D eigenvalue weighted by molar-refractivity contribution is 0.570. The van der Waals surface area contributed by atoms with Crippen LogP contribution in [-0.4, -0.2) is 0 Å². The van der Waals surface area contributed by atoms with E-state index in [-0.39, 0.29) is 10.8 Å². The van der Waals surface area contributed by atoms with Gasteiger partial charge in [-0.05, 0) is 64.4 Å². The Morgan fingerprint density at radius 3 is 1.27 bits per heavy atom. The van der Waals surface area contributed by atoms with Crippen LogP contribution >= 0.6 is 0 Å². The van der Waals surface area contributed by atoms with E-state index in [4.69, 9.17) is 0 Å². The maximum Gasteiger partial charge on any atom is 0.0324 e. The Balaban J connectivity index is 2.60. The molecule has 0 aliphatic carbocycles. The van der Waals surface area contributed by atoms with Gasteiger partial charge in [-0.3, -0.25) is 0 Å². The summed E-state index contributed by atoms with van der Waals surface area (Å²) in [6, 6.07) is 12.6. The fourth-order valence-electron chi connectivity index (χ4n) is 2.04. The normalized spacial score (nSPS) is 11.4. The van der Waals surface area contributed by atoms with Crippen molar-refractivity contribution in [1.29, 1.82) is 0 Å². The van der Waals surface area contributed by atoms with Crippen LogP contribution in [0.25, 0.3) is 10.8 Å². The fraction of sp³-hybridized carbons (Fsp3) is 0.364. The van der Waals surface area contributed by atoms with Crippen LogP contribution in [0.2, 0.25) is 0 Å². The summed E-state index contributed by atoms with van der Waals surface area (Å²) in [5.74, 6) is 13.3. The molecule has 2 aromatic carbocycles. The highest BCUT2D eigenvalue weighted by Gasteiger charge is 2.07. The Morgan fingerprint density at radius 2 is 0.955 bits per heavy atom. The van der Waals surface area contributed by atoms with Crippen molar-refractivity contribution >= 4 is 10.8 Å². The number of hydrogen-bond donors (Lipinski definition) is 0. The Hall–Kier alpha value is -2.18. The molecule has 112 valence electrons. The molecule has 0 heterocycles. The minimum atomic E-state index is 0.00577. The third-order valence-corrected chi connectivity index (χ3v) is 3.07. The molecule has 22 heavy (non-hydrogen) atoms. The summed E-state index contributed by atoms with van der Waals surface area (Å²) in [6.07, 6.45) is 0. The molecule has 0 nitrogen and oxygen atoms in total. The summed E-state index contributed by atoms with van der Waals surface area (Å²) >= 11 is 0. The van der Waals surface area contributed by atoms with Crippen molar-refractivity contribution in [1.82, 2.24) is 0 Å². The van der Waals surface area contributed by atoms with Crippen molar-refractivity contribution in [3.63, 3.8) is 0 Å². The SMILES string of the molecule is CC(C)(C)C#Cc1cccc2c(C#CC(C)(C)C)cccc12. The van der Waals surface area contributed by atoms with E-state index in [1.165, 1.54) is 10.8 Å². The molecule has 0 atom stereocenters.